The largest absolute Gasteiger partial charge is 0.349 e. The lowest BCUT2D eigenvalue weighted by Crippen LogP contribution is -2.35. The second kappa shape index (κ2) is 9.83. The van der Waals surface area contributed by atoms with E-state index in [0.29, 0.717) is 22.7 Å². The molecule has 2 unspecified atom stereocenters. The highest BCUT2D eigenvalue weighted by Gasteiger charge is 2.38. The van der Waals surface area contributed by atoms with Crippen molar-refractivity contribution < 1.29 is 22.4 Å². The van der Waals surface area contributed by atoms with E-state index < -0.39 is 21.8 Å². The highest BCUT2D eigenvalue weighted by molar-refractivity contribution is 7.90. The zero-order valence-corrected chi connectivity index (χ0v) is 22.2. The molecule has 0 saturated carbocycles. The molecule has 2 aliphatic rings. The zero-order chi connectivity index (χ0) is 27.2. The smallest absolute Gasteiger partial charge is 0.251 e. The van der Waals surface area contributed by atoms with Crippen molar-refractivity contribution in [3.63, 3.8) is 0 Å². The van der Waals surface area contributed by atoms with Crippen LogP contribution in [0, 0.1) is 11.7 Å². The molecule has 0 bridgehead atoms. The summed E-state index contributed by atoms with van der Waals surface area (Å²) in [5.74, 6) is 0.170. The summed E-state index contributed by atoms with van der Waals surface area (Å²) in [6, 6.07) is 13.9. The molecule has 2 aliphatic heterocycles. The third kappa shape index (κ3) is 5.00. The Hall–Kier alpha value is -3.79. The number of nitrogens with zero attached hydrogens (tertiary/aromatic N) is 3. The SMILES string of the molecule is CC(=O)N1Cc2cc(S(C)(=O)=O)ccc2[C@@H]1C(=O)Nc1ccc(N2CC(C)CC2c2cccc(F)c2)nc1. The predicted octanol–water partition coefficient (Wildman–Crippen LogP) is 4.25. The Kier molecular flexibility index (Phi) is 6.68. The minimum atomic E-state index is -3.42. The Labute approximate surface area is 221 Å². The molecule has 0 spiro atoms. The van der Waals surface area contributed by atoms with Gasteiger partial charge in [0, 0.05) is 26.3 Å². The first-order valence-corrected chi connectivity index (χ1v) is 14.3. The van der Waals surface area contributed by atoms with Gasteiger partial charge in [0.15, 0.2) is 9.84 Å². The van der Waals surface area contributed by atoms with E-state index >= 15 is 0 Å². The number of fused-ring (bicyclic) bond motifs is 1. The third-order valence-corrected chi connectivity index (χ3v) is 8.31. The van der Waals surface area contributed by atoms with Gasteiger partial charge in [0.25, 0.3) is 5.91 Å². The normalized spacial score (nSPS) is 20.9. The number of benzene rings is 2. The number of nitrogens with one attached hydrogen (secondary N) is 1. The van der Waals surface area contributed by atoms with Crippen LogP contribution in [0.5, 0.6) is 0 Å². The van der Waals surface area contributed by atoms with Crippen molar-refractivity contribution in [1.82, 2.24) is 9.88 Å². The van der Waals surface area contributed by atoms with Crippen molar-refractivity contribution in [3.8, 4) is 0 Å². The molecule has 1 fully saturated rings. The zero-order valence-electron chi connectivity index (χ0n) is 21.4. The molecule has 1 N–H and O–H groups in total. The minimum Gasteiger partial charge on any atom is -0.349 e. The monoisotopic (exact) mass is 536 g/mol. The number of carbonyl (C=O) groups excluding carboxylic acids is 2. The van der Waals surface area contributed by atoms with Crippen molar-refractivity contribution >= 4 is 33.2 Å². The molecule has 0 radical (unpaired) electrons. The Bertz CT molecular complexity index is 1510. The molecule has 1 aromatic heterocycles. The van der Waals surface area contributed by atoms with Crippen LogP contribution in [0.25, 0.3) is 0 Å². The standard InChI is InChI=1S/C28H29FN4O4S/c1-17-11-25(19-5-4-6-21(29)12-19)33(15-17)26-10-7-22(14-30-26)31-28(35)27-24-9-8-23(38(3,36)37)13-20(24)16-32(27)18(2)34/h4-10,12-14,17,25,27H,11,15-16H2,1-3H3,(H,31,35)/t17?,25?,27-/m1/s1. The van der Waals surface area contributed by atoms with Crippen LogP contribution >= 0.6 is 0 Å². The third-order valence-electron chi connectivity index (χ3n) is 7.20. The molecule has 198 valence electrons. The highest BCUT2D eigenvalue weighted by Crippen LogP contribution is 2.39. The number of anilines is 2. The number of hydrogen-bond acceptors (Lipinski definition) is 6. The molecular formula is C28H29FN4O4S. The van der Waals surface area contributed by atoms with E-state index in [-0.39, 0.29) is 29.2 Å². The fraction of sp³-hybridized carbons (Fsp3) is 0.321. The summed E-state index contributed by atoms with van der Waals surface area (Å²) in [5.41, 5.74) is 2.59. The van der Waals surface area contributed by atoms with Gasteiger partial charge in [-0.25, -0.2) is 17.8 Å². The lowest BCUT2D eigenvalue weighted by Gasteiger charge is -2.26. The van der Waals surface area contributed by atoms with Crippen LogP contribution in [0.2, 0.25) is 0 Å². The predicted molar refractivity (Wildman–Crippen MR) is 142 cm³/mol. The molecule has 1 saturated heterocycles. The number of hydrogen-bond donors (Lipinski definition) is 1. The van der Waals surface area contributed by atoms with Crippen molar-refractivity contribution in [2.75, 3.05) is 23.0 Å². The molecule has 0 aliphatic carbocycles. The Balaban J connectivity index is 1.36. The number of aromatic nitrogens is 1. The Morgan fingerprint density at radius 3 is 2.55 bits per heavy atom. The van der Waals surface area contributed by atoms with E-state index in [4.69, 9.17) is 0 Å². The van der Waals surface area contributed by atoms with E-state index in [1.807, 2.05) is 12.1 Å². The minimum absolute atomic E-state index is 0.00424. The second-order valence-corrected chi connectivity index (χ2v) is 12.2. The number of sulfone groups is 1. The fourth-order valence-electron chi connectivity index (χ4n) is 5.40. The highest BCUT2D eigenvalue weighted by atomic mass is 32.2. The first-order chi connectivity index (χ1) is 18.0. The number of pyridine rings is 1. The fourth-order valence-corrected chi connectivity index (χ4v) is 6.08. The molecule has 3 atom stereocenters. The molecule has 8 nitrogen and oxygen atoms in total. The average Bonchev–Trinajstić information content (AvgIpc) is 3.44. The van der Waals surface area contributed by atoms with E-state index in [9.17, 15) is 22.4 Å². The van der Waals surface area contributed by atoms with Crippen LogP contribution in [0.3, 0.4) is 0 Å². The molecule has 38 heavy (non-hydrogen) atoms. The van der Waals surface area contributed by atoms with Gasteiger partial charge >= 0.3 is 0 Å². The van der Waals surface area contributed by atoms with E-state index in [0.717, 1.165) is 30.6 Å². The van der Waals surface area contributed by atoms with Gasteiger partial charge in [0.1, 0.15) is 17.7 Å². The van der Waals surface area contributed by atoms with Crippen molar-refractivity contribution in [1.29, 1.82) is 0 Å². The average molecular weight is 537 g/mol. The molecular weight excluding hydrogens is 507 g/mol. The molecule has 2 amide bonds. The van der Waals surface area contributed by atoms with E-state index in [1.54, 1.807) is 30.5 Å². The van der Waals surface area contributed by atoms with Gasteiger partial charge in [0.05, 0.1) is 22.8 Å². The summed E-state index contributed by atoms with van der Waals surface area (Å²) in [5, 5.41) is 2.85. The molecule has 10 heteroatoms. The molecule has 5 rings (SSSR count). The summed E-state index contributed by atoms with van der Waals surface area (Å²) >= 11 is 0. The summed E-state index contributed by atoms with van der Waals surface area (Å²) in [4.78, 5) is 34.0. The first kappa shape index (κ1) is 25.8. The van der Waals surface area contributed by atoms with Crippen LogP contribution < -0.4 is 10.2 Å². The Morgan fingerprint density at radius 2 is 1.89 bits per heavy atom. The van der Waals surface area contributed by atoms with Gasteiger partial charge in [-0.1, -0.05) is 25.1 Å². The Morgan fingerprint density at radius 1 is 1.11 bits per heavy atom. The van der Waals surface area contributed by atoms with Gasteiger partial charge < -0.3 is 15.1 Å². The maximum Gasteiger partial charge on any atom is 0.251 e. The van der Waals surface area contributed by atoms with E-state index in [1.165, 1.54) is 30.0 Å². The quantitative estimate of drug-likeness (QED) is 0.523. The van der Waals surface area contributed by atoms with Gasteiger partial charge in [0.2, 0.25) is 5.91 Å². The van der Waals surface area contributed by atoms with Crippen molar-refractivity contribution in [3.05, 3.63) is 83.3 Å². The van der Waals surface area contributed by atoms with E-state index in [2.05, 4.69) is 22.1 Å². The van der Waals surface area contributed by atoms with Crippen LogP contribution in [0.15, 0.2) is 65.7 Å². The van der Waals surface area contributed by atoms with Gasteiger partial charge in [-0.05, 0) is 65.4 Å². The lowest BCUT2D eigenvalue weighted by molar-refractivity contribution is -0.136. The van der Waals surface area contributed by atoms with Crippen LogP contribution in [0.4, 0.5) is 15.9 Å². The van der Waals surface area contributed by atoms with Crippen molar-refractivity contribution in [2.24, 2.45) is 5.92 Å². The first-order valence-electron chi connectivity index (χ1n) is 12.4. The summed E-state index contributed by atoms with van der Waals surface area (Å²) in [6.45, 7) is 4.46. The molecule has 3 aromatic rings. The number of halogens is 1. The molecule has 3 heterocycles. The van der Waals surface area contributed by atoms with Crippen LogP contribution in [0.1, 0.15) is 49.0 Å². The van der Waals surface area contributed by atoms with Crippen LogP contribution in [-0.2, 0) is 26.0 Å². The summed E-state index contributed by atoms with van der Waals surface area (Å²) < 4.78 is 37.8. The lowest BCUT2D eigenvalue weighted by atomic mass is 10.0. The maximum absolute atomic E-state index is 13.9. The van der Waals surface area contributed by atoms with Gasteiger partial charge in [-0.15, -0.1) is 0 Å². The van der Waals surface area contributed by atoms with Crippen molar-refractivity contribution in [2.45, 2.75) is 43.8 Å². The van der Waals surface area contributed by atoms with Crippen LogP contribution in [-0.4, -0.2) is 42.9 Å². The molecule has 2 aromatic carbocycles. The second-order valence-electron chi connectivity index (χ2n) is 10.1. The van der Waals surface area contributed by atoms with Gasteiger partial charge in [-0.3, -0.25) is 9.59 Å². The maximum atomic E-state index is 13.9. The topological polar surface area (TPSA) is 99.7 Å². The summed E-state index contributed by atoms with van der Waals surface area (Å²) in [6.07, 6.45) is 3.57. The summed E-state index contributed by atoms with van der Waals surface area (Å²) in [7, 11) is -3.42. The number of amides is 2. The number of carbonyl (C=O) groups is 2. The number of rotatable bonds is 5. The van der Waals surface area contributed by atoms with Gasteiger partial charge in [-0.2, -0.15) is 0 Å².